The van der Waals surface area contributed by atoms with Crippen molar-refractivity contribution >= 4 is 22.4 Å². The minimum absolute atomic E-state index is 0.180. The zero-order valence-electron chi connectivity index (χ0n) is 16.4. The number of ether oxygens (including phenoxy) is 1. The average Bonchev–Trinajstić information content (AvgIpc) is 2.75. The van der Waals surface area contributed by atoms with Crippen LogP contribution in [0.4, 0.5) is 5.69 Å². The summed E-state index contributed by atoms with van der Waals surface area (Å²) >= 11 is 0. The third-order valence-electron chi connectivity index (χ3n) is 4.39. The van der Waals surface area contributed by atoms with Crippen LogP contribution in [0.3, 0.4) is 0 Å². The van der Waals surface area contributed by atoms with Crippen LogP contribution in [0.25, 0.3) is 10.8 Å². The fraction of sp³-hybridized carbons (Fsp3) is 0.136. The van der Waals surface area contributed by atoms with Gasteiger partial charge in [0.1, 0.15) is 5.75 Å². The maximum absolute atomic E-state index is 13.0. The average molecular weight is 401 g/mol. The second kappa shape index (κ2) is 8.12. The van der Waals surface area contributed by atoms with Crippen molar-refractivity contribution in [1.82, 2.24) is 19.7 Å². The Kier molecular flexibility index (Phi) is 5.21. The minimum Gasteiger partial charge on any atom is -0.437 e. The SMILES string of the molecule is CC(C)n1nc(C(=O)Nc2cccc(Oc3cnccn3)c2)c2ccccc2c1=O. The van der Waals surface area contributed by atoms with Crippen LogP contribution in [0.5, 0.6) is 11.6 Å². The highest BCUT2D eigenvalue weighted by Gasteiger charge is 2.18. The summed E-state index contributed by atoms with van der Waals surface area (Å²) in [5.41, 5.74) is 0.477. The highest BCUT2D eigenvalue weighted by atomic mass is 16.5. The fourth-order valence-corrected chi connectivity index (χ4v) is 3.01. The molecule has 0 unspecified atom stereocenters. The lowest BCUT2D eigenvalue weighted by Gasteiger charge is -2.13. The summed E-state index contributed by atoms with van der Waals surface area (Å²) in [7, 11) is 0. The third-order valence-corrected chi connectivity index (χ3v) is 4.39. The summed E-state index contributed by atoms with van der Waals surface area (Å²) in [6, 6.07) is 13.7. The number of carbonyl (C=O) groups is 1. The molecule has 0 spiro atoms. The van der Waals surface area contributed by atoms with E-state index in [0.29, 0.717) is 28.1 Å². The van der Waals surface area contributed by atoms with Crippen LogP contribution in [0.1, 0.15) is 30.4 Å². The van der Waals surface area contributed by atoms with Crippen molar-refractivity contribution < 1.29 is 9.53 Å². The highest BCUT2D eigenvalue weighted by Crippen LogP contribution is 2.23. The molecule has 0 saturated carbocycles. The van der Waals surface area contributed by atoms with Crippen LogP contribution >= 0.6 is 0 Å². The van der Waals surface area contributed by atoms with E-state index in [9.17, 15) is 9.59 Å². The number of nitrogens with zero attached hydrogens (tertiary/aromatic N) is 4. The molecule has 150 valence electrons. The summed E-state index contributed by atoms with van der Waals surface area (Å²) in [5.74, 6) is 0.424. The van der Waals surface area contributed by atoms with Crippen molar-refractivity contribution in [2.75, 3.05) is 5.32 Å². The minimum atomic E-state index is -0.419. The van der Waals surface area contributed by atoms with E-state index in [2.05, 4.69) is 20.4 Å². The zero-order chi connectivity index (χ0) is 21.1. The smallest absolute Gasteiger partial charge is 0.276 e. The monoisotopic (exact) mass is 401 g/mol. The number of amides is 1. The molecule has 2 aromatic heterocycles. The van der Waals surface area contributed by atoms with Gasteiger partial charge < -0.3 is 10.1 Å². The van der Waals surface area contributed by atoms with E-state index in [-0.39, 0.29) is 17.3 Å². The second-order valence-electron chi connectivity index (χ2n) is 6.87. The van der Waals surface area contributed by atoms with E-state index >= 15 is 0 Å². The van der Waals surface area contributed by atoms with Crippen molar-refractivity contribution in [2.24, 2.45) is 0 Å². The van der Waals surface area contributed by atoms with Gasteiger partial charge in [-0.05, 0) is 32.0 Å². The molecule has 2 aromatic carbocycles. The van der Waals surface area contributed by atoms with Crippen LogP contribution in [0.2, 0.25) is 0 Å². The quantitative estimate of drug-likeness (QED) is 0.546. The van der Waals surface area contributed by atoms with Crippen LogP contribution in [0.15, 0.2) is 71.9 Å². The van der Waals surface area contributed by atoms with Crippen LogP contribution in [0, 0.1) is 0 Å². The predicted molar refractivity (Wildman–Crippen MR) is 113 cm³/mol. The fourth-order valence-electron chi connectivity index (χ4n) is 3.01. The Morgan fingerprint density at radius 2 is 1.87 bits per heavy atom. The molecule has 2 heterocycles. The first kappa shape index (κ1) is 19.3. The summed E-state index contributed by atoms with van der Waals surface area (Å²) < 4.78 is 6.98. The van der Waals surface area contributed by atoms with Gasteiger partial charge in [0.05, 0.1) is 17.6 Å². The van der Waals surface area contributed by atoms with Gasteiger partial charge in [-0.2, -0.15) is 5.10 Å². The van der Waals surface area contributed by atoms with Crippen LogP contribution < -0.4 is 15.6 Å². The number of hydrogen-bond acceptors (Lipinski definition) is 6. The number of hydrogen-bond donors (Lipinski definition) is 1. The molecule has 4 aromatic rings. The van der Waals surface area contributed by atoms with Crippen molar-refractivity contribution in [3.8, 4) is 11.6 Å². The molecule has 0 radical (unpaired) electrons. The third kappa shape index (κ3) is 3.88. The van der Waals surface area contributed by atoms with E-state index in [4.69, 9.17) is 4.74 Å². The van der Waals surface area contributed by atoms with Gasteiger partial charge in [-0.15, -0.1) is 0 Å². The van der Waals surface area contributed by atoms with Crippen LogP contribution in [-0.4, -0.2) is 25.7 Å². The molecular weight excluding hydrogens is 382 g/mol. The summed E-state index contributed by atoms with van der Waals surface area (Å²) in [5, 5.41) is 8.11. The molecule has 0 aliphatic carbocycles. The molecule has 1 amide bonds. The van der Waals surface area contributed by atoms with Crippen molar-refractivity contribution in [3.63, 3.8) is 0 Å². The largest absolute Gasteiger partial charge is 0.437 e. The molecular formula is C22H19N5O3. The number of nitrogens with one attached hydrogen (secondary N) is 1. The van der Waals surface area contributed by atoms with E-state index in [0.717, 1.165) is 0 Å². The number of fused-ring (bicyclic) bond motifs is 1. The maximum Gasteiger partial charge on any atom is 0.276 e. The van der Waals surface area contributed by atoms with Gasteiger partial charge in [0.25, 0.3) is 11.5 Å². The van der Waals surface area contributed by atoms with Crippen molar-refractivity contribution in [3.05, 3.63) is 83.2 Å². The van der Waals surface area contributed by atoms with Gasteiger partial charge in [-0.25, -0.2) is 9.67 Å². The predicted octanol–water partition coefficient (Wildman–Crippen LogP) is 3.81. The molecule has 1 N–H and O–H groups in total. The van der Waals surface area contributed by atoms with Gasteiger partial charge in [0.2, 0.25) is 5.88 Å². The van der Waals surface area contributed by atoms with Gasteiger partial charge >= 0.3 is 0 Å². The highest BCUT2D eigenvalue weighted by molar-refractivity contribution is 6.11. The molecule has 0 saturated heterocycles. The van der Waals surface area contributed by atoms with Gasteiger partial charge in [0.15, 0.2) is 5.69 Å². The van der Waals surface area contributed by atoms with E-state index in [1.54, 1.807) is 54.7 Å². The molecule has 0 aliphatic rings. The first-order chi connectivity index (χ1) is 14.5. The van der Waals surface area contributed by atoms with Crippen LogP contribution in [-0.2, 0) is 0 Å². The van der Waals surface area contributed by atoms with Gasteiger partial charge in [0, 0.05) is 29.5 Å². The number of rotatable bonds is 5. The first-order valence-corrected chi connectivity index (χ1v) is 9.40. The maximum atomic E-state index is 13.0. The van der Waals surface area contributed by atoms with E-state index < -0.39 is 5.91 Å². The summed E-state index contributed by atoms with van der Waals surface area (Å²) in [4.78, 5) is 33.7. The van der Waals surface area contributed by atoms with Gasteiger partial charge in [-0.1, -0.05) is 24.3 Å². The Labute approximate surface area is 172 Å². The van der Waals surface area contributed by atoms with E-state index in [1.165, 1.54) is 17.1 Å². The number of carbonyl (C=O) groups excluding carboxylic acids is 1. The molecule has 8 heteroatoms. The molecule has 0 fully saturated rings. The lowest BCUT2D eigenvalue weighted by molar-refractivity contribution is 0.102. The molecule has 30 heavy (non-hydrogen) atoms. The van der Waals surface area contributed by atoms with E-state index in [1.807, 2.05) is 13.8 Å². The number of aromatic nitrogens is 4. The Balaban J connectivity index is 1.66. The zero-order valence-corrected chi connectivity index (χ0v) is 16.4. The Morgan fingerprint density at radius 1 is 1.07 bits per heavy atom. The lowest BCUT2D eigenvalue weighted by atomic mass is 10.1. The second-order valence-corrected chi connectivity index (χ2v) is 6.87. The van der Waals surface area contributed by atoms with Crippen molar-refractivity contribution in [1.29, 1.82) is 0 Å². The number of anilines is 1. The molecule has 0 bridgehead atoms. The summed E-state index contributed by atoms with van der Waals surface area (Å²) in [6.07, 6.45) is 4.58. The molecule has 0 aliphatic heterocycles. The first-order valence-electron chi connectivity index (χ1n) is 9.40. The topological polar surface area (TPSA) is 99.0 Å². The standard InChI is InChI=1S/C22H19N5O3/c1-14(2)27-22(29)18-9-4-3-8-17(18)20(26-27)21(28)25-15-6-5-7-16(12-15)30-19-13-23-10-11-24-19/h3-14H,1-2H3,(H,25,28). The lowest BCUT2D eigenvalue weighted by Crippen LogP contribution is -2.28. The van der Waals surface area contributed by atoms with Crippen molar-refractivity contribution in [2.45, 2.75) is 19.9 Å². The molecule has 0 atom stereocenters. The molecule has 8 nitrogen and oxygen atoms in total. The number of benzene rings is 2. The summed E-state index contributed by atoms with van der Waals surface area (Å²) in [6.45, 7) is 3.69. The Hall–Kier alpha value is -4.07. The normalized spacial score (nSPS) is 10.9. The Bertz CT molecular complexity index is 1270. The molecule has 4 rings (SSSR count). The van der Waals surface area contributed by atoms with Gasteiger partial charge in [-0.3, -0.25) is 14.6 Å². The Morgan fingerprint density at radius 3 is 2.60 bits per heavy atom.